The van der Waals surface area contributed by atoms with Crippen molar-refractivity contribution in [1.29, 1.82) is 0 Å². The van der Waals surface area contributed by atoms with Gasteiger partial charge in [-0.2, -0.15) is 0 Å². The number of nitrogens with one attached hydrogen (secondary N) is 11. The Balaban J connectivity index is 6.62. The van der Waals surface area contributed by atoms with Gasteiger partial charge < -0.3 is 103 Å². The topological polar surface area (TPSA) is 534 Å². The van der Waals surface area contributed by atoms with Crippen molar-refractivity contribution in [2.45, 2.75) is 264 Å². The highest BCUT2D eigenvalue weighted by Crippen LogP contribution is 2.15. The molecule has 13 atom stereocenters. The van der Waals surface area contributed by atoms with Crippen LogP contribution >= 0.6 is 0 Å². The summed E-state index contributed by atoms with van der Waals surface area (Å²) in [4.78, 5) is 165. The highest BCUT2D eigenvalue weighted by molar-refractivity contribution is 5.99. The highest BCUT2D eigenvalue weighted by atomic mass is 16.4. The predicted molar refractivity (Wildman–Crippen MR) is 358 cm³/mol. The Morgan fingerprint density at radius 1 is 0.298 bits per heavy atom. The first-order chi connectivity index (χ1) is 44.1. The van der Waals surface area contributed by atoms with E-state index in [1.807, 2.05) is 0 Å². The number of unbranched alkanes of at least 4 members (excludes halogenated alkanes) is 5. The molecule has 0 aliphatic carbocycles. The highest BCUT2D eigenvalue weighted by Gasteiger charge is 2.39. The van der Waals surface area contributed by atoms with Crippen molar-refractivity contribution in [3.63, 3.8) is 0 Å². The minimum absolute atomic E-state index is 0.0139. The van der Waals surface area contributed by atoms with Crippen LogP contribution in [0.2, 0.25) is 0 Å². The lowest BCUT2D eigenvalue weighted by Gasteiger charge is -2.30. The second-order valence-electron chi connectivity index (χ2n) is 26.2. The van der Waals surface area contributed by atoms with E-state index in [-0.39, 0.29) is 51.1 Å². The summed E-state index contributed by atoms with van der Waals surface area (Å²) in [6.45, 7) is 20.8. The fraction of sp³-hybridized carbons (Fsp3) is 0.810. The minimum Gasteiger partial charge on any atom is -0.480 e. The van der Waals surface area contributed by atoms with Gasteiger partial charge in [-0.3, -0.25) is 52.7 Å². The van der Waals surface area contributed by atoms with Crippen molar-refractivity contribution < 1.29 is 67.7 Å². The van der Waals surface area contributed by atoms with Crippen molar-refractivity contribution in [2.75, 3.05) is 32.7 Å². The molecule has 0 aromatic heterocycles. The molecule has 0 aromatic carbocycles. The summed E-state index contributed by atoms with van der Waals surface area (Å²) in [7, 11) is 0. The van der Waals surface area contributed by atoms with Crippen LogP contribution in [0.3, 0.4) is 0 Å². The van der Waals surface area contributed by atoms with Crippen molar-refractivity contribution in [3.05, 3.63) is 0 Å². The fourth-order valence-corrected chi connectivity index (χ4v) is 9.91. The number of nitrogens with two attached hydrogens (primary N) is 6. The number of aliphatic hydroxyl groups excluding tert-OH is 1. The van der Waals surface area contributed by atoms with Crippen LogP contribution in [0.5, 0.6) is 0 Å². The standard InChI is InChI=1S/C63H121N17O14/c1-34(2)33-46(58(88)79-50(38(9)10)63(93)94)75-60(90)48(36(5)6)78-62(92)51(40(12)81)80-57(87)44(26-16-21-31-67)71-52(82)39(11)70-59(89)47(35(3)4)77-61(91)49(37(7)8)76-56(86)45(27-17-22-32-68)74-55(85)43(25-15-20-30-66)73-54(84)42(24-14-19-29-65)72-53(83)41(69)23-13-18-28-64/h34-51,81H,13-33,64-69H2,1-12H3,(H,70,89)(H,71,82)(H,72,83)(H,73,84)(H,74,85)(H,75,90)(H,76,86)(H,77,91)(H,78,92)(H,79,88)(H,80,87)(H,93,94)/t39-,40+,41-,42-,43-,44-,45-,46-,47-,48-,49-,50-,51-/m0/s1. The van der Waals surface area contributed by atoms with Gasteiger partial charge in [0.05, 0.1) is 12.1 Å². The third-order valence-electron chi connectivity index (χ3n) is 15.8. The molecule has 0 saturated carbocycles. The second kappa shape index (κ2) is 47.3. The van der Waals surface area contributed by atoms with Gasteiger partial charge in [0.25, 0.3) is 0 Å². The molecule has 0 bridgehead atoms. The summed E-state index contributed by atoms with van der Waals surface area (Å²) in [5, 5.41) is 49.6. The van der Waals surface area contributed by atoms with Crippen LogP contribution < -0.4 is 92.9 Å². The number of aliphatic hydroxyl groups is 1. The molecule has 0 aliphatic rings. The zero-order valence-electron chi connectivity index (χ0n) is 58.0. The third kappa shape index (κ3) is 33.7. The van der Waals surface area contributed by atoms with Crippen LogP contribution in [0, 0.1) is 29.6 Å². The average molecular weight is 1340 g/mol. The summed E-state index contributed by atoms with van der Waals surface area (Å²) in [5.41, 5.74) is 34.8. The smallest absolute Gasteiger partial charge is 0.326 e. The molecule has 31 heteroatoms. The van der Waals surface area contributed by atoms with E-state index >= 15 is 0 Å². The van der Waals surface area contributed by atoms with Crippen molar-refractivity contribution in [3.8, 4) is 0 Å². The summed E-state index contributed by atoms with van der Waals surface area (Å²) in [5.74, 6) is -12.2. The van der Waals surface area contributed by atoms with Gasteiger partial charge in [-0.1, -0.05) is 75.7 Å². The van der Waals surface area contributed by atoms with E-state index < -0.39 is 173 Å². The molecule has 0 aromatic rings. The van der Waals surface area contributed by atoms with Crippen LogP contribution in [0.15, 0.2) is 0 Å². The summed E-state index contributed by atoms with van der Waals surface area (Å²) >= 11 is 0. The first-order valence-corrected chi connectivity index (χ1v) is 33.6. The van der Waals surface area contributed by atoms with Gasteiger partial charge >= 0.3 is 5.97 Å². The van der Waals surface area contributed by atoms with Crippen LogP contribution in [0.4, 0.5) is 0 Å². The molecule has 0 radical (unpaired) electrons. The summed E-state index contributed by atoms with van der Waals surface area (Å²) in [6, 6.07) is -15.1. The van der Waals surface area contributed by atoms with Gasteiger partial charge in [0, 0.05) is 0 Å². The molecule has 0 spiro atoms. The number of carboxylic acids is 1. The second-order valence-corrected chi connectivity index (χ2v) is 26.2. The number of hydrogen-bond donors (Lipinski definition) is 19. The quantitative estimate of drug-likeness (QED) is 0.0279. The maximum Gasteiger partial charge on any atom is 0.326 e. The van der Waals surface area contributed by atoms with Crippen molar-refractivity contribution >= 4 is 70.9 Å². The van der Waals surface area contributed by atoms with Gasteiger partial charge in [-0.05, 0) is 172 Å². The Kier molecular flexibility index (Phi) is 43.9. The zero-order valence-corrected chi connectivity index (χ0v) is 58.0. The molecule has 0 aliphatic heterocycles. The Morgan fingerprint density at radius 2 is 0.553 bits per heavy atom. The molecule has 0 unspecified atom stereocenters. The van der Waals surface area contributed by atoms with E-state index in [1.54, 1.807) is 69.2 Å². The monoisotopic (exact) mass is 1340 g/mol. The molecule has 0 rings (SSSR count). The lowest BCUT2D eigenvalue weighted by molar-refractivity contribution is -0.143. The molecule has 25 N–H and O–H groups in total. The molecule has 0 saturated heterocycles. The van der Waals surface area contributed by atoms with Gasteiger partial charge in [0.1, 0.15) is 66.5 Å². The number of aliphatic carboxylic acids is 1. The molecule has 0 fully saturated rings. The van der Waals surface area contributed by atoms with Crippen LogP contribution in [-0.2, 0) is 57.5 Å². The van der Waals surface area contributed by atoms with Crippen LogP contribution in [0.25, 0.3) is 0 Å². The molecule has 11 amide bonds. The van der Waals surface area contributed by atoms with Gasteiger partial charge in [-0.25, -0.2) is 4.79 Å². The fourth-order valence-electron chi connectivity index (χ4n) is 9.91. The van der Waals surface area contributed by atoms with E-state index in [0.29, 0.717) is 90.3 Å². The molecule has 0 heterocycles. The number of carboxylic acid groups (broad SMARTS) is 1. The maximum atomic E-state index is 14.3. The first-order valence-electron chi connectivity index (χ1n) is 33.6. The third-order valence-corrected chi connectivity index (χ3v) is 15.8. The molecular weight excluding hydrogens is 1220 g/mol. The maximum absolute atomic E-state index is 14.3. The van der Waals surface area contributed by atoms with E-state index in [4.69, 9.17) is 34.4 Å². The molecule has 31 nitrogen and oxygen atoms in total. The predicted octanol–water partition coefficient (Wildman–Crippen LogP) is -2.55. The Labute approximate surface area is 556 Å². The molecule has 94 heavy (non-hydrogen) atoms. The first kappa shape index (κ1) is 87.4. The largest absolute Gasteiger partial charge is 0.480 e. The van der Waals surface area contributed by atoms with Crippen molar-refractivity contribution in [2.24, 2.45) is 64.0 Å². The van der Waals surface area contributed by atoms with Gasteiger partial charge in [0.2, 0.25) is 65.0 Å². The van der Waals surface area contributed by atoms with Crippen LogP contribution in [-0.4, -0.2) is 192 Å². The SMILES string of the molecule is CC(C)C[C@H](NC(=O)[C@@H](NC(=O)[C@@H](NC(=O)[C@H](CCCCN)NC(=O)[C@H](C)NC(=O)[C@@H](NC(=O)[C@@H](NC(=O)[C@H](CCCCN)NC(=O)[C@H](CCCCN)NC(=O)[C@H](CCCCN)NC(=O)[C@@H](N)CCCCN)C(C)C)C(C)C)[C@@H](C)O)C(C)C)C(=O)N[C@H](C(=O)O)C(C)C. The Hall–Kier alpha value is -6.64. The summed E-state index contributed by atoms with van der Waals surface area (Å²) < 4.78 is 0. The Bertz CT molecular complexity index is 2360. The normalized spacial score (nSPS) is 15.7. The molecule has 542 valence electrons. The average Bonchev–Trinajstić information content (AvgIpc) is 0.868. The van der Waals surface area contributed by atoms with E-state index in [1.165, 1.54) is 13.8 Å². The number of rotatable bonds is 50. The van der Waals surface area contributed by atoms with E-state index in [0.717, 1.165) is 0 Å². The van der Waals surface area contributed by atoms with E-state index in [2.05, 4.69) is 58.5 Å². The number of hydrogen-bond acceptors (Lipinski definition) is 19. The number of carbonyl (C=O) groups is 12. The van der Waals surface area contributed by atoms with Gasteiger partial charge in [0.15, 0.2) is 0 Å². The lowest BCUT2D eigenvalue weighted by atomic mass is 9.98. The Morgan fingerprint density at radius 3 is 0.883 bits per heavy atom. The zero-order chi connectivity index (χ0) is 71.9. The van der Waals surface area contributed by atoms with Gasteiger partial charge in [-0.15, -0.1) is 0 Å². The lowest BCUT2D eigenvalue weighted by Crippen LogP contribution is -2.62. The number of carbonyl (C=O) groups excluding carboxylic acids is 11. The summed E-state index contributed by atoms with van der Waals surface area (Å²) in [6.07, 6.45) is 4.08. The minimum atomic E-state index is -1.69. The van der Waals surface area contributed by atoms with E-state index in [9.17, 15) is 67.7 Å². The number of amides is 11. The molecular formula is C63H121N17O14. The van der Waals surface area contributed by atoms with Crippen LogP contribution in [0.1, 0.15) is 186 Å². The van der Waals surface area contributed by atoms with Crippen molar-refractivity contribution in [1.82, 2.24) is 58.5 Å².